The van der Waals surface area contributed by atoms with Crippen LogP contribution in [0.25, 0.3) is 0 Å². The van der Waals surface area contributed by atoms with E-state index in [4.69, 9.17) is 0 Å². The summed E-state index contributed by atoms with van der Waals surface area (Å²) in [4.78, 5) is 0. The number of allylic oxidation sites excluding steroid dienone is 2. The lowest BCUT2D eigenvalue weighted by molar-refractivity contribution is 0.133. The molecular weight excluding hydrogens is 276 g/mol. The molecular formula is C23H50. The lowest BCUT2D eigenvalue weighted by Gasteiger charge is -2.49. The first-order valence-corrected chi connectivity index (χ1v) is 9.78. The fourth-order valence-electron chi connectivity index (χ4n) is 4.17. The van der Waals surface area contributed by atoms with Crippen molar-refractivity contribution in [1.82, 2.24) is 0 Å². The summed E-state index contributed by atoms with van der Waals surface area (Å²) in [5, 5.41) is 0. The van der Waals surface area contributed by atoms with Gasteiger partial charge in [-0.2, -0.15) is 0 Å². The van der Waals surface area contributed by atoms with Gasteiger partial charge in [0, 0.05) is 0 Å². The molecule has 2 aliphatic carbocycles. The van der Waals surface area contributed by atoms with Crippen LogP contribution in [-0.2, 0) is 0 Å². The Morgan fingerprint density at radius 1 is 1.04 bits per heavy atom. The molecule has 0 N–H and O–H groups in total. The van der Waals surface area contributed by atoms with Gasteiger partial charge in [-0.3, -0.25) is 0 Å². The Kier molecular flexibility index (Phi) is 16.9. The summed E-state index contributed by atoms with van der Waals surface area (Å²) in [6.07, 6.45) is 12.5. The normalized spacial score (nSPS) is 31.5. The number of hydrogen-bond acceptors (Lipinski definition) is 0. The molecule has 1 fully saturated rings. The molecule has 0 saturated heterocycles. The van der Waals surface area contributed by atoms with Crippen LogP contribution in [-0.4, -0.2) is 0 Å². The summed E-state index contributed by atoms with van der Waals surface area (Å²) in [6.45, 7) is 17.8. The van der Waals surface area contributed by atoms with Gasteiger partial charge in [0.25, 0.3) is 0 Å². The third-order valence-corrected chi connectivity index (χ3v) is 5.61. The Bertz CT molecular complexity index is 288. The van der Waals surface area contributed by atoms with E-state index < -0.39 is 0 Å². The standard InChI is InChI=1S/C17H30.2C2H6.2CH4/c1-5-6-11-17(4)14(3)8-9-15-12-13(2)7-10-16(15)17;2*1-2;;/h10,13-15H,5-9,11-12H2,1-4H3;2*1-2H3;2*1H4/t13?,14?,15?,17-;;;;/m1..../s1. The summed E-state index contributed by atoms with van der Waals surface area (Å²) >= 11 is 0. The maximum atomic E-state index is 2.63. The summed E-state index contributed by atoms with van der Waals surface area (Å²) < 4.78 is 0. The molecule has 3 unspecified atom stereocenters. The van der Waals surface area contributed by atoms with E-state index >= 15 is 0 Å². The monoisotopic (exact) mass is 326 g/mol. The predicted octanol–water partition coefficient (Wildman–Crippen LogP) is 8.91. The summed E-state index contributed by atoms with van der Waals surface area (Å²) in [5.41, 5.74) is 2.38. The van der Waals surface area contributed by atoms with Gasteiger partial charge in [0.05, 0.1) is 0 Å². The number of fused-ring (bicyclic) bond motifs is 1. The van der Waals surface area contributed by atoms with Crippen molar-refractivity contribution < 1.29 is 0 Å². The molecule has 0 heteroatoms. The molecule has 2 rings (SSSR count). The minimum absolute atomic E-state index is 0. The molecule has 0 spiro atoms. The van der Waals surface area contributed by atoms with E-state index in [-0.39, 0.29) is 14.9 Å². The average molecular weight is 327 g/mol. The molecule has 2 aliphatic rings. The number of hydrogen-bond donors (Lipinski definition) is 0. The molecule has 0 aromatic heterocycles. The van der Waals surface area contributed by atoms with Gasteiger partial charge in [-0.25, -0.2) is 0 Å². The van der Waals surface area contributed by atoms with Crippen molar-refractivity contribution in [2.75, 3.05) is 0 Å². The van der Waals surface area contributed by atoms with Crippen LogP contribution in [0.15, 0.2) is 11.6 Å². The van der Waals surface area contributed by atoms with E-state index in [9.17, 15) is 0 Å². The van der Waals surface area contributed by atoms with E-state index in [2.05, 4.69) is 33.8 Å². The van der Waals surface area contributed by atoms with Gasteiger partial charge >= 0.3 is 0 Å². The first-order chi connectivity index (χ1) is 10.1. The molecule has 0 aromatic rings. The fraction of sp³-hybridized carbons (Fsp3) is 0.913. The second kappa shape index (κ2) is 14.1. The lowest BCUT2D eigenvalue weighted by Crippen LogP contribution is -2.38. The fourth-order valence-corrected chi connectivity index (χ4v) is 4.17. The first kappa shape index (κ1) is 27.6. The topological polar surface area (TPSA) is 0 Å². The summed E-state index contributed by atoms with van der Waals surface area (Å²) in [6, 6.07) is 0. The first-order valence-electron chi connectivity index (χ1n) is 9.78. The van der Waals surface area contributed by atoms with E-state index in [1.807, 2.05) is 33.3 Å². The van der Waals surface area contributed by atoms with Crippen molar-refractivity contribution in [1.29, 1.82) is 0 Å². The Labute approximate surface area is 150 Å². The van der Waals surface area contributed by atoms with E-state index in [0.717, 1.165) is 17.8 Å². The van der Waals surface area contributed by atoms with E-state index in [1.165, 1.54) is 44.9 Å². The quantitative estimate of drug-likeness (QED) is 0.454. The second-order valence-corrected chi connectivity index (χ2v) is 6.93. The SMILES string of the molecule is C.C.CC.CC.CCCC[C@@]1(C)C2=CCC(C)CC2CCC1C. The van der Waals surface area contributed by atoms with Crippen LogP contribution in [0.1, 0.15) is 115 Å². The van der Waals surface area contributed by atoms with Crippen molar-refractivity contribution >= 4 is 0 Å². The van der Waals surface area contributed by atoms with Gasteiger partial charge < -0.3 is 0 Å². The number of unbranched alkanes of at least 4 members (excludes halogenated alkanes) is 1. The largest absolute Gasteiger partial charge is 0.0842 e. The van der Waals surface area contributed by atoms with Crippen LogP contribution in [0.3, 0.4) is 0 Å². The zero-order valence-corrected chi connectivity index (χ0v) is 16.3. The summed E-state index contributed by atoms with van der Waals surface area (Å²) in [5.74, 6) is 2.74. The molecule has 0 radical (unpaired) electrons. The highest BCUT2D eigenvalue weighted by Gasteiger charge is 2.42. The van der Waals surface area contributed by atoms with Crippen molar-refractivity contribution in [3.05, 3.63) is 11.6 Å². The third-order valence-electron chi connectivity index (χ3n) is 5.61. The Hall–Kier alpha value is -0.260. The average Bonchev–Trinajstić information content (AvgIpc) is 2.53. The highest BCUT2D eigenvalue weighted by Crippen LogP contribution is 2.54. The van der Waals surface area contributed by atoms with Crippen molar-refractivity contribution in [2.24, 2.45) is 23.2 Å². The molecule has 0 aromatic carbocycles. The van der Waals surface area contributed by atoms with Gasteiger partial charge in [0.2, 0.25) is 0 Å². The van der Waals surface area contributed by atoms with Crippen molar-refractivity contribution in [3.63, 3.8) is 0 Å². The van der Waals surface area contributed by atoms with Gasteiger partial charge in [-0.05, 0) is 55.3 Å². The molecule has 0 bridgehead atoms. The Morgan fingerprint density at radius 2 is 1.61 bits per heavy atom. The van der Waals surface area contributed by atoms with Crippen LogP contribution in [0.2, 0.25) is 0 Å². The predicted molar refractivity (Wildman–Crippen MR) is 112 cm³/mol. The van der Waals surface area contributed by atoms with Gasteiger partial charge in [0.1, 0.15) is 0 Å². The van der Waals surface area contributed by atoms with Crippen LogP contribution in [0.4, 0.5) is 0 Å². The maximum absolute atomic E-state index is 2.63. The molecule has 23 heavy (non-hydrogen) atoms. The van der Waals surface area contributed by atoms with Crippen LogP contribution >= 0.6 is 0 Å². The smallest absolute Gasteiger partial charge is 0.00880 e. The molecule has 0 aliphatic heterocycles. The third kappa shape index (κ3) is 7.02. The lowest BCUT2D eigenvalue weighted by atomic mass is 9.56. The number of rotatable bonds is 3. The maximum Gasteiger partial charge on any atom is -0.00880 e. The van der Waals surface area contributed by atoms with Gasteiger partial charge in [0.15, 0.2) is 0 Å². The Balaban J connectivity index is -0.000000619. The minimum atomic E-state index is 0. The minimum Gasteiger partial charge on any atom is -0.0842 e. The molecule has 0 heterocycles. The highest BCUT2D eigenvalue weighted by molar-refractivity contribution is 5.23. The molecule has 4 atom stereocenters. The van der Waals surface area contributed by atoms with Crippen LogP contribution in [0, 0.1) is 23.2 Å². The van der Waals surface area contributed by atoms with E-state index in [1.54, 1.807) is 0 Å². The molecule has 0 amide bonds. The van der Waals surface area contributed by atoms with Crippen molar-refractivity contribution in [3.8, 4) is 0 Å². The Morgan fingerprint density at radius 3 is 2.13 bits per heavy atom. The molecule has 142 valence electrons. The zero-order valence-electron chi connectivity index (χ0n) is 16.3. The molecule has 0 nitrogen and oxygen atoms in total. The van der Waals surface area contributed by atoms with Crippen LogP contribution < -0.4 is 0 Å². The van der Waals surface area contributed by atoms with E-state index in [0.29, 0.717) is 5.41 Å². The zero-order chi connectivity index (χ0) is 16.5. The van der Waals surface area contributed by atoms with Crippen LogP contribution in [0.5, 0.6) is 0 Å². The second-order valence-electron chi connectivity index (χ2n) is 6.93. The highest BCUT2D eigenvalue weighted by atomic mass is 14.5. The van der Waals surface area contributed by atoms with Gasteiger partial charge in [-0.1, -0.05) is 94.7 Å². The van der Waals surface area contributed by atoms with Crippen molar-refractivity contribution in [2.45, 2.75) is 115 Å². The molecule has 1 saturated carbocycles. The van der Waals surface area contributed by atoms with Gasteiger partial charge in [-0.15, -0.1) is 0 Å². The summed E-state index contributed by atoms with van der Waals surface area (Å²) in [7, 11) is 0.